The third-order valence-corrected chi connectivity index (χ3v) is 4.76. The second-order valence-corrected chi connectivity index (χ2v) is 6.65. The Morgan fingerprint density at radius 2 is 1.64 bits per heavy atom. The summed E-state index contributed by atoms with van der Waals surface area (Å²) in [5.41, 5.74) is 4.66. The van der Waals surface area contributed by atoms with Gasteiger partial charge in [0.25, 0.3) is 6.33 Å². The molecule has 0 saturated heterocycles. The Kier molecular flexibility index (Phi) is 3.72. The molecule has 136 valence electrons. The van der Waals surface area contributed by atoms with Crippen LogP contribution in [0.15, 0.2) is 85.2 Å². The highest BCUT2D eigenvalue weighted by molar-refractivity contribution is 5.75. The summed E-state index contributed by atoms with van der Waals surface area (Å²) in [5, 5.41) is 10.3. The first-order valence-electron chi connectivity index (χ1n) is 9.01. The minimum absolute atomic E-state index is 0.217. The first-order chi connectivity index (χ1) is 13.7. The zero-order valence-corrected chi connectivity index (χ0v) is 15.3. The average Bonchev–Trinajstić information content (AvgIpc) is 3.33. The standard InChI is InChI=1S/C23H18N4O/c1-24-13-14-25(16-24)18-7-6-8-19(15-18)26-17-27(21-10-3-2-9-20(21)26)22-11-4-5-12-23(22)28/h2-15,28H,1H3. The van der Waals surface area contributed by atoms with Crippen molar-refractivity contribution in [2.75, 3.05) is 0 Å². The molecule has 0 aliphatic carbocycles. The zero-order valence-electron chi connectivity index (χ0n) is 15.3. The number of fused-ring (bicyclic) bond motifs is 1. The highest BCUT2D eigenvalue weighted by Crippen LogP contribution is 2.23. The molecule has 0 aliphatic rings. The van der Waals surface area contributed by atoms with E-state index >= 15 is 0 Å². The molecule has 0 amide bonds. The Bertz CT molecular complexity index is 1300. The molecule has 5 aromatic rings. The molecule has 0 fully saturated rings. The molecule has 1 N–H and O–H groups in total. The van der Waals surface area contributed by atoms with Gasteiger partial charge in [0.15, 0.2) is 0 Å². The lowest BCUT2D eigenvalue weighted by molar-refractivity contribution is -0.674. The van der Waals surface area contributed by atoms with Crippen molar-refractivity contribution in [3.8, 4) is 22.8 Å². The number of imidazole rings is 2. The Labute approximate surface area is 162 Å². The van der Waals surface area contributed by atoms with Crippen molar-refractivity contribution in [2.45, 2.75) is 0 Å². The van der Waals surface area contributed by atoms with Crippen LogP contribution < -0.4 is 9.13 Å². The molecule has 3 aromatic carbocycles. The van der Waals surface area contributed by atoms with Crippen LogP contribution in [0.3, 0.4) is 0 Å². The maximum Gasteiger partial charge on any atom is 0.269 e. The summed E-state index contributed by atoms with van der Waals surface area (Å²) < 4.78 is 7.73. The maximum absolute atomic E-state index is 10.3. The lowest BCUT2D eigenvalue weighted by Crippen LogP contribution is -2.29. The zero-order chi connectivity index (χ0) is 19.1. The summed E-state index contributed by atoms with van der Waals surface area (Å²) in [6.07, 6.45) is 10.5. The van der Waals surface area contributed by atoms with E-state index < -0.39 is 0 Å². The number of aryl methyl sites for hydroxylation is 1. The molecule has 5 nitrogen and oxygen atoms in total. The van der Waals surface area contributed by atoms with E-state index in [1.165, 1.54) is 0 Å². The molecule has 0 unspecified atom stereocenters. The molecule has 0 aliphatic heterocycles. The van der Waals surface area contributed by atoms with Crippen LogP contribution >= 0.6 is 0 Å². The van der Waals surface area contributed by atoms with Gasteiger partial charge in [0, 0.05) is 18.1 Å². The van der Waals surface area contributed by atoms with Gasteiger partial charge in [-0.3, -0.25) is 9.13 Å². The van der Waals surface area contributed by atoms with Crippen LogP contribution in [0, 0.1) is 12.7 Å². The molecule has 2 heterocycles. The lowest BCUT2D eigenvalue weighted by Gasteiger charge is -2.07. The molecule has 28 heavy (non-hydrogen) atoms. The Hall–Kier alpha value is -3.86. The third kappa shape index (κ3) is 2.65. The molecule has 2 aromatic heterocycles. The van der Waals surface area contributed by atoms with Crippen molar-refractivity contribution in [1.82, 2.24) is 9.13 Å². The van der Waals surface area contributed by atoms with Crippen LogP contribution in [0.2, 0.25) is 0 Å². The fourth-order valence-corrected chi connectivity index (χ4v) is 3.41. The third-order valence-electron chi connectivity index (χ3n) is 4.76. The first-order valence-corrected chi connectivity index (χ1v) is 9.01. The summed E-state index contributed by atoms with van der Waals surface area (Å²) in [6.45, 7) is 0. The monoisotopic (exact) mass is 366 g/mol. The molecule has 0 saturated carbocycles. The van der Waals surface area contributed by atoms with Gasteiger partial charge in [-0.1, -0.05) is 54.6 Å². The van der Waals surface area contributed by atoms with Crippen LogP contribution in [0.4, 0.5) is 0 Å². The Morgan fingerprint density at radius 3 is 2.46 bits per heavy atom. The predicted octanol–water partition coefficient (Wildman–Crippen LogP) is 2.83. The topological polar surface area (TPSA) is 37.8 Å². The van der Waals surface area contributed by atoms with Gasteiger partial charge in [0.05, 0.1) is 23.8 Å². The number of hydrogen-bond donors (Lipinski definition) is 1. The highest BCUT2D eigenvalue weighted by Gasteiger charge is 2.14. The number of aromatic nitrogens is 4. The van der Waals surface area contributed by atoms with E-state index in [1.807, 2.05) is 92.3 Å². The fourth-order valence-electron chi connectivity index (χ4n) is 3.41. The second-order valence-electron chi connectivity index (χ2n) is 6.65. The number of para-hydroxylation sites is 4. The lowest BCUT2D eigenvalue weighted by atomic mass is 10.2. The summed E-state index contributed by atoms with van der Waals surface area (Å²) in [6, 6.07) is 23.6. The minimum Gasteiger partial charge on any atom is -0.511 e. The van der Waals surface area contributed by atoms with E-state index in [0.29, 0.717) is 5.69 Å². The molecular weight excluding hydrogens is 348 g/mol. The predicted molar refractivity (Wildman–Crippen MR) is 105 cm³/mol. The van der Waals surface area contributed by atoms with E-state index in [1.54, 1.807) is 6.07 Å². The van der Waals surface area contributed by atoms with Crippen molar-refractivity contribution in [3.63, 3.8) is 0 Å². The number of hydrogen-bond acceptors (Lipinski definition) is 1. The van der Waals surface area contributed by atoms with Crippen LogP contribution in [-0.4, -0.2) is 14.2 Å². The van der Waals surface area contributed by atoms with Gasteiger partial charge in [0.2, 0.25) is 6.33 Å². The number of aromatic hydroxyl groups is 1. The summed E-state index contributed by atoms with van der Waals surface area (Å²) in [7, 11) is 1.95. The molecular formula is C23H18N4O. The number of phenolic OH excluding ortho intramolecular Hbond substituents is 1. The maximum atomic E-state index is 10.3. The van der Waals surface area contributed by atoms with Gasteiger partial charge >= 0.3 is 0 Å². The number of phenols is 1. The van der Waals surface area contributed by atoms with E-state index in [2.05, 4.69) is 24.8 Å². The molecule has 0 bridgehead atoms. The van der Waals surface area contributed by atoms with E-state index in [0.717, 1.165) is 22.4 Å². The first kappa shape index (κ1) is 16.3. The van der Waals surface area contributed by atoms with Crippen molar-refractivity contribution >= 4 is 11.0 Å². The number of benzene rings is 3. The van der Waals surface area contributed by atoms with E-state index in [9.17, 15) is 5.11 Å². The smallest absolute Gasteiger partial charge is 0.269 e. The van der Waals surface area contributed by atoms with E-state index in [-0.39, 0.29) is 5.75 Å². The summed E-state index contributed by atoms with van der Waals surface area (Å²) in [5.74, 6) is 0.217. The quantitative estimate of drug-likeness (QED) is 0.387. The average molecular weight is 366 g/mol. The van der Waals surface area contributed by atoms with E-state index in [4.69, 9.17) is 0 Å². The second kappa shape index (κ2) is 6.39. The Balaban J connectivity index is 1.72. The van der Waals surface area contributed by atoms with Gasteiger partial charge in [0.1, 0.15) is 11.4 Å². The van der Waals surface area contributed by atoms with Crippen LogP contribution in [-0.2, 0) is 7.05 Å². The van der Waals surface area contributed by atoms with Gasteiger partial charge in [-0.2, -0.15) is 0 Å². The van der Waals surface area contributed by atoms with Gasteiger partial charge in [-0.25, -0.2) is 0 Å². The molecule has 5 rings (SSSR count). The van der Waals surface area contributed by atoms with Gasteiger partial charge in [-0.05, 0) is 18.2 Å². The van der Waals surface area contributed by atoms with Crippen molar-refractivity contribution < 1.29 is 14.2 Å². The van der Waals surface area contributed by atoms with Crippen LogP contribution in [0.1, 0.15) is 0 Å². The van der Waals surface area contributed by atoms with Crippen LogP contribution in [0.5, 0.6) is 5.75 Å². The Morgan fingerprint density at radius 1 is 0.857 bits per heavy atom. The highest BCUT2D eigenvalue weighted by atomic mass is 16.3. The van der Waals surface area contributed by atoms with Gasteiger partial charge < -0.3 is 14.2 Å². The molecule has 5 heteroatoms. The normalized spacial score (nSPS) is 11.2. The summed E-state index contributed by atoms with van der Waals surface area (Å²) in [4.78, 5) is 0. The molecule has 0 spiro atoms. The van der Waals surface area contributed by atoms with Crippen molar-refractivity contribution in [1.29, 1.82) is 0 Å². The van der Waals surface area contributed by atoms with Crippen molar-refractivity contribution in [3.05, 3.63) is 97.8 Å². The molecule has 0 atom stereocenters. The molecule has 0 radical (unpaired) electrons. The van der Waals surface area contributed by atoms with Gasteiger partial charge in [-0.15, -0.1) is 0 Å². The summed E-state index contributed by atoms with van der Waals surface area (Å²) >= 11 is 0. The largest absolute Gasteiger partial charge is 0.511 e. The number of nitrogens with zero attached hydrogens (tertiary/aromatic N) is 4. The van der Waals surface area contributed by atoms with Crippen LogP contribution in [0.25, 0.3) is 28.1 Å². The SMILES string of the molecule is C[n+]1[c-]n(-c2cccc(-n3[c-][n+](-c4ccccc4O)c4ccccc43)c2)cc1. The minimum atomic E-state index is 0.217. The fraction of sp³-hybridized carbons (Fsp3) is 0.0435. The number of rotatable bonds is 3. The van der Waals surface area contributed by atoms with Crippen molar-refractivity contribution in [2.24, 2.45) is 7.05 Å².